The number of fused-ring (bicyclic) bond motifs is 3. The van der Waals surface area contributed by atoms with Crippen molar-refractivity contribution in [3.63, 3.8) is 0 Å². The van der Waals surface area contributed by atoms with E-state index in [-0.39, 0.29) is 18.3 Å². The summed E-state index contributed by atoms with van der Waals surface area (Å²) in [6.45, 7) is 6.93. The summed E-state index contributed by atoms with van der Waals surface area (Å²) >= 11 is 0. The minimum atomic E-state index is -0.911. The van der Waals surface area contributed by atoms with Gasteiger partial charge in [0, 0.05) is 0 Å². The number of carbonyl (C=O) groups is 2. The zero-order valence-corrected chi connectivity index (χ0v) is 14.1. The minimum Gasteiger partial charge on any atom is -0.481 e. The van der Waals surface area contributed by atoms with E-state index in [2.05, 4.69) is 20.8 Å². The molecule has 3 aliphatic rings. The van der Waals surface area contributed by atoms with Crippen LogP contribution in [0.1, 0.15) is 52.9 Å². The smallest absolute Gasteiger partial charge is 0.310 e. The first-order valence-corrected chi connectivity index (χ1v) is 8.56. The molecule has 0 aliphatic heterocycles. The monoisotopic (exact) mass is 308 g/mol. The molecule has 0 unspecified atom stereocenters. The number of methoxy groups -OCH3 is 1. The van der Waals surface area contributed by atoms with Crippen molar-refractivity contribution in [1.82, 2.24) is 0 Å². The molecule has 22 heavy (non-hydrogen) atoms. The zero-order chi connectivity index (χ0) is 16.3. The van der Waals surface area contributed by atoms with Gasteiger partial charge in [0.25, 0.3) is 0 Å². The lowest BCUT2D eigenvalue weighted by Crippen LogP contribution is -2.43. The van der Waals surface area contributed by atoms with Crippen LogP contribution in [0.5, 0.6) is 0 Å². The normalized spacial score (nSPS) is 45.4. The van der Waals surface area contributed by atoms with Gasteiger partial charge in [-0.05, 0) is 54.3 Å². The minimum absolute atomic E-state index is 0.0343. The van der Waals surface area contributed by atoms with E-state index in [0.29, 0.717) is 35.5 Å². The van der Waals surface area contributed by atoms with Crippen molar-refractivity contribution in [2.45, 2.75) is 52.9 Å². The van der Waals surface area contributed by atoms with Crippen LogP contribution in [-0.2, 0) is 14.3 Å². The van der Waals surface area contributed by atoms with Crippen LogP contribution in [0, 0.1) is 40.4 Å². The summed E-state index contributed by atoms with van der Waals surface area (Å²) in [7, 11) is 1.35. The number of rotatable bonds is 3. The Morgan fingerprint density at radius 1 is 1.18 bits per heavy atom. The lowest BCUT2D eigenvalue weighted by molar-refractivity contribution is -0.163. The highest BCUT2D eigenvalue weighted by atomic mass is 16.5. The first-order valence-electron chi connectivity index (χ1n) is 8.56. The summed E-state index contributed by atoms with van der Waals surface area (Å²) in [4.78, 5) is 24.1. The lowest BCUT2D eigenvalue weighted by atomic mass is 9.64. The van der Waals surface area contributed by atoms with E-state index in [1.54, 1.807) is 0 Å². The molecule has 1 N–H and O–H groups in total. The number of esters is 1. The van der Waals surface area contributed by atoms with Gasteiger partial charge in [-0.15, -0.1) is 0 Å². The largest absolute Gasteiger partial charge is 0.481 e. The van der Waals surface area contributed by atoms with Crippen molar-refractivity contribution < 1.29 is 19.4 Å². The molecule has 0 amide bonds. The molecule has 4 heteroatoms. The summed E-state index contributed by atoms with van der Waals surface area (Å²) in [6, 6.07) is 0. The molecular weight excluding hydrogens is 280 g/mol. The molecule has 4 nitrogen and oxygen atoms in total. The van der Waals surface area contributed by atoms with E-state index in [9.17, 15) is 14.7 Å². The Labute approximate surface area is 132 Å². The summed E-state index contributed by atoms with van der Waals surface area (Å²) < 4.78 is 4.82. The molecule has 0 aromatic rings. The maximum absolute atomic E-state index is 12.2. The second-order valence-electron chi connectivity index (χ2n) is 8.44. The number of aliphatic carboxylic acids is 1. The van der Waals surface area contributed by atoms with Crippen molar-refractivity contribution in [3.8, 4) is 0 Å². The highest BCUT2D eigenvalue weighted by Crippen LogP contribution is 2.72. The molecule has 124 valence electrons. The number of hydrogen-bond acceptors (Lipinski definition) is 3. The standard InChI is InChI=1S/C18H28O4/c1-10-5-6-11-14(10)15-12(17(15,2)3)7-8-18(11,16(20)21)9-13(19)22-4/h10-12,14-15H,5-9H2,1-4H3,(H,20,21)/t10-,11-,12-,14-,15-,18+/m1/s1. The highest BCUT2D eigenvalue weighted by molar-refractivity contribution is 5.82. The Balaban J connectivity index is 1.98. The van der Waals surface area contributed by atoms with Crippen LogP contribution >= 0.6 is 0 Å². The maximum atomic E-state index is 12.2. The fourth-order valence-electron chi connectivity index (χ4n) is 6.06. The van der Waals surface area contributed by atoms with Crippen LogP contribution in [0.4, 0.5) is 0 Å². The SMILES string of the molecule is COC(=O)C[C@@]1(C(=O)O)CC[C@@H]2[C@H]([C@@H]3[C@H](C)CC[C@H]31)C2(C)C. The fraction of sp³-hybridized carbons (Fsp3) is 0.889. The molecule has 0 aromatic heterocycles. The Bertz CT molecular complexity index is 497. The number of carboxylic acids is 1. The van der Waals surface area contributed by atoms with E-state index < -0.39 is 11.4 Å². The molecule has 0 aromatic carbocycles. The molecule has 3 saturated carbocycles. The zero-order valence-electron chi connectivity index (χ0n) is 14.1. The first-order chi connectivity index (χ1) is 10.3. The van der Waals surface area contributed by atoms with Gasteiger partial charge in [0.15, 0.2) is 0 Å². The molecule has 3 rings (SSSR count). The average Bonchev–Trinajstić information content (AvgIpc) is 2.84. The van der Waals surface area contributed by atoms with E-state index in [1.807, 2.05) is 0 Å². The van der Waals surface area contributed by atoms with Crippen LogP contribution in [-0.4, -0.2) is 24.2 Å². The predicted octanol–water partition coefficient (Wildman–Crippen LogP) is 3.35. The van der Waals surface area contributed by atoms with Gasteiger partial charge in [-0.1, -0.05) is 27.2 Å². The Morgan fingerprint density at radius 2 is 1.86 bits per heavy atom. The quantitative estimate of drug-likeness (QED) is 0.812. The molecule has 6 atom stereocenters. The number of carbonyl (C=O) groups excluding carboxylic acids is 1. The molecule has 0 spiro atoms. The molecular formula is C18H28O4. The van der Waals surface area contributed by atoms with Gasteiger partial charge in [0.2, 0.25) is 0 Å². The second kappa shape index (κ2) is 4.97. The molecule has 0 radical (unpaired) electrons. The van der Waals surface area contributed by atoms with Gasteiger partial charge in [0.05, 0.1) is 18.9 Å². The Hall–Kier alpha value is -1.06. The van der Waals surface area contributed by atoms with Crippen LogP contribution in [0.15, 0.2) is 0 Å². The highest BCUT2D eigenvalue weighted by Gasteiger charge is 2.69. The van der Waals surface area contributed by atoms with E-state index in [1.165, 1.54) is 7.11 Å². The summed E-state index contributed by atoms with van der Waals surface area (Å²) in [6.07, 6.45) is 3.61. The van der Waals surface area contributed by atoms with Gasteiger partial charge in [0.1, 0.15) is 0 Å². The van der Waals surface area contributed by atoms with Gasteiger partial charge in [-0.25, -0.2) is 0 Å². The van der Waals surface area contributed by atoms with Gasteiger partial charge >= 0.3 is 11.9 Å². The third kappa shape index (κ3) is 2.02. The van der Waals surface area contributed by atoms with Gasteiger partial charge in [-0.3, -0.25) is 9.59 Å². The number of carboxylic acid groups (broad SMARTS) is 1. The van der Waals surface area contributed by atoms with Gasteiger partial charge in [-0.2, -0.15) is 0 Å². The molecule has 0 bridgehead atoms. The van der Waals surface area contributed by atoms with Crippen molar-refractivity contribution in [2.75, 3.05) is 7.11 Å². The maximum Gasteiger partial charge on any atom is 0.310 e. The van der Waals surface area contributed by atoms with Crippen molar-refractivity contribution in [2.24, 2.45) is 40.4 Å². The predicted molar refractivity (Wildman–Crippen MR) is 82.1 cm³/mol. The average molecular weight is 308 g/mol. The van der Waals surface area contributed by atoms with E-state index >= 15 is 0 Å². The number of ether oxygens (including phenoxy) is 1. The van der Waals surface area contributed by atoms with Crippen molar-refractivity contribution >= 4 is 11.9 Å². The second-order valence-corrected chi connectivity index (χ2v) is 8.44. The fourth-order valence-corrected chi connectivity index (χ4v) is 6.06. The molecule has 3 aliphatic carbocycles. The third-order valence-electron chi connectivity index (χ3n) is 7.33. The summed E-state index contributed by atoms with van der Waals surface area (Å²) in [5.41, 5.74) is -0.566. The van der Waals surface area contributed by atoms with Crippen LogP contribution in [0.25, 0.3) is 0 Å². The third-order valence-corrected chi connectivity index (χ3v) is 7.33. The molecule has 0 heterocycles. The van der Waals surface area contributed by atoms with E-state index in [4.69, 9.17) is 4.74 Å². The van der Waals surface area contributed by atoms with Crippen molar-refractivity contribution in [1.29, 1.82) is 0 Å². The van der Waals surface area contributed by atoms with Crippen LogP contribution < -0.4 is 0 Å². The Kier molecular flexibility index (Phi) is 3.57. The van der Waals surface area contributed by atoms with Crippen LogP contribution in [0.2, 0.25) is 0 Å². The molecule has 3 fully saturated rings. The molecule has 0 saturated heterocycles. The summed E-state index contributed by atoms with van der Waals surface area (Å²) in [5, 5.41) is 10.0. The topological polar surface area (TPSA) is 63.6 Å². The van der Waals surface area contributed by atoms with Crippen LogP contribution in [0.3, 0.4) is 0 Å². The Morgan fingerprint density at radius 3 is 2.45 bits per heavy atom. The van der Waals surface area contributed by atoms with E-state index in [0.717, 1.165) is 19.3 Å². The van der Waals surface area contributed by atoms with Gasteiger partial charge < -0.3 is 9.84 Å². The van der Waals surface area contributed by atoms with Crippen molar-refractivity contribution in [3.05, 3.63) is 0 Å². The first kappa shape index (κ1) is 15.8. The summed E-state index contributed by atoms with van der Waals surface area (Å²) in [5.74, 6) is 1.22. The lowest BCUT2D eigenvalue weighted by Gasteiger charge is -2.38. The number of hydrogen-bond donors (Lipinski definition) is 1.